The molecule has 0 saturated carbocycles. The van der Waals surface area contributed by atoms with Crippen molar-refractivity contribution in [1.82, 2.24) is 15.0 Å². The second-order valence-corrected chi connectivity index (χ2v) is 7.76. The highest BCUT2D eigenvalue weighted by molar-refractivity contribution is 7.09. The minimum Gasteiger partial charge on any atom is -0.497 e. The molecule has 3 rings (SSSR count). The highest BCUT2D eigenvalue weighted by atomic mass is 32.1. The summed E-state index contributed by atoms with van der Waals surface area (Å²) in [6, 6.07) is 14.9. The topological polar surface area (TPSA) is 116 Å². The highest BCUT2D eigenvalue weighted by Crippen LogP contribution is 2.22. The van der Waals surface area contributed by atoms with Crippen LogP contribution in [-0.2, 0) is 13.1 Å². The van der Waals surface area contributed by atoms with Crippen molar-refractivity contribution in [2.75, 3.05) is 19.5 Å². The number of hydrogen-bond donors (Lipinski definition) is 3. The van der Waals surface area contributed by atoms with Crippen molar-refractivity contribution < 1.29 is 19.1 Å². The van der Waals surface area contributed by atoms with Crippen molar-refractivity contribution >= 4 is 29.0 Å². The van der Waals surface area contributed by atoms with Gasteiger partial charge in [0.1, 0.15) is 16.4 Å². The molecule has 0 aliphatic rings. The number of carbonyl (C=O) groups is 2. The second-order valence-electron chi connectivity index (χ2n) is 6.98. The van der Waals surface area contributed by atoms with Gasteiger partial charge in [-0.25, -0.2) is 0 Å². The number of hydrogen-bond acceptors (Lipinski definition) is 7. The zero-order valence-corrected chi connectivity index (χ0v) is 18.8. The maximum Gasteiger partial charge on any atom is 0.273 e. The summed E-state index contributed by atoms with van der Waals surface area (Å²) < 4.78 is 14.8. The summed E-state index contributed by atoms with van der Waals surface area (Å²) in [5.41, 5.74) is 7.94. The molecule has 2 amide bonds. The maximum absolute atomic E-state index is 12.5. The third-order valence-corrected chi connectivity index (χ3v) is 5.45. The van der Waals surface area contributed by atoms with Crippen LogP contribution in [-0.4, -0.2) is 29.9 Å². The molecule has 9 heteroatoms. The molecule has 3 aromatic rings. The molecule has 8 nitrogen and oxygen atoms in total. The summed E-state index contributed by atoms with van der Waals surface area (Å²) in [7, 11) is 1.58. The number of benzene rings is 2. The maximum atomic E-state index is 12.5. The molecule has 1 heterocycles. The van der Waals surface area contributed by atoms with Gasteiger partial charge in [0, 0.05) is 13.1 Å². The van der Waals surface area contributed by atoms with Crippen molar-refractivity contribution in [3.63, 3.8) is 0 Å². The normalized spacial score (nSPS) is 10.4. The van der Waals surface area contributed by atoms with E-state index in [9.17, 15) is 9.59 Å². The molecule has 1 aromatic heterocycles. The van der Waals surface area contributed by atoms with E-state index >= 15 is 0 Å². The molecule has 2 aromatic carbocycles. The van der Waals surface area contributed by atoms with Crippen molar-refractivity contribution in [2.24, 2.45) is 0 Å². The van der Waals surface area contributed by atoms with Crippen LogP contribution in [0.15, 0.2) is 48.5 Å². The van der Waals surface area contributed by atoms with Gasteiger partial charge in [-0.1, -0.05) is 31.2 Å². The molecular formula is C23H26N4O4S. The summed E-state index contributed by atoms with van der Waals surface area (Å²) in [5.74, 6) is 0.673. The Kier molecular flexibility index (Phi) is 8.04. The lowest BCUT2D eigenvalue weighted by molar-refractivity contribution is 0.0946. The van der Waals surface area contributed by atoms with Crippen LogP contribution in [0.1, 0.15) is 44.6 Å². The van der Waals surface area contributed by atoms with Gasteiger partial charge in [-0.2, -0.15) is 4.37 Å². The van der Waals surface area contributed by atoms with Crippen LogP contribution < -0.4 is 25.8 Å². The zero-order chi connectivity index (χ0) is 22.9. The van der Waals surface area contributed by atoms with Crippen LogP contribution in [0, 0.1) is 0 Å². The van der Waals surface area contributed by atoms with Gasteiger partial charge in [0.25, 0.3) is 11.8 Å². The molecule has 168 valence electrons. The molecule has 0 fully saturated rings. The van der Waals surface area contributed by atoms with Crippen molar-refractivity contribution in [1.29, 1.82) is 0 Å². The molecule has 0 bridgehead atoms. The zero-order valence-electron chi connectivity index (χ0n) is 18.0. The third-order valence-electron chi connectivity index (χ3n) is 4.59. The van der Waals surface area contributed by atoms with Crippen LogP contribution in [0.5, 0.6) is 11.5 Å². The lowest BCUT2D eigenvalue weighted by Crippen LogP contribution is -2.25. The lowest BCUT2D eigenvalue weighted by Gasteiger charge is -2.08. The predicted octanol–water partition coefficient (Wildman–Crippen LogP) is 3.38. The second kappa shape index (κ2) is 11.1. The Bertz CT molecular complexity index is 1070. The number of nitrogen functional groups attached to an aromatic ring is 1. The standard InChI is InChI=1S/C23H26N4O4S/c1-3-11-31-17-9-7-15(8-10-17)13-26-23(29)21-19(24)20(27-32-21)22(28)25-14-16-5-4-6-18(12-16)30-2/h4-10,12H,3,11,13-14,24H2,1-2H3,(H,25,28)(H,26,29). The lowest BCUT2D eigenvalue weighted by atomic mass is 10.2. The fourth-order valence-corrected chi connectivity index (χ4v) is 3.57. The Morgan fingerprint density at radius 2 is 1.72 bits per heavy atom. The van der Waals surface area contributed by atoms with E-state index in [0.29, 0.717) is 18.9 Å². The predicted molar refractivity (Wildman–Crippen MR) is 124 cm³/mol. The van der Waals surface area contributed by atoms with Gasteiger partial charge in [-0.3, -0.25) is 9.59 Å². The van der Waals surface area contributed by atoms with Crippen molar-refractivity contribution in [3.05, 3.63) is 70.2 Å². The number of ether oxygens (including phenoxy) is 2. The first-order valence-corrected chi connectivity index (χ1v) is 10.9. The van der Waals surface area contributed by atoms with Crippen molar-refractivity contribution in [2.45, 2.75) is 26.4 Å². The Balaban J connectivity index is 1.55. The van der Waals surface area contributed by atoms with Gasteiger partial charge in [-0.05, 0) is 53.3 Å². The first-order valence-electron chi connectivity index (χ1n) is 10.2. The average Bonchev–Trinajstić information content (AvgIpc) is 3.21. The number of amides is 2. The summed E-state index contributed by atoms with van der Waals surface area (Å²) >= 11 is 0.899. The van der Waals surface area contributed by atoms with E-state index in [-0.39, 0.29) is 28.7 Å². The molecule has 32 heavy (non-hydrogen) atoms. The van der Waals surface area contributed by atoms with Crippen LogP contribution in [0.2, 0.25) is 0 Å². The van der Waals surface area contributed by atoms with Gasteiger partial charge in [-0.15, -0.1) is 0 Å². The third kappa shape index (κ3) is 5.98. The van der Waals surface area contributed by atoms with Crippen molar-refractivity contribution in [3.8, 4) is 11.5 Å². The van der Waals surface area contributed by atoms with E-state index < -0.39 is 5.91 Å². The molecule has 0 aliphatic heterocycles. The van der Waals surface area contributed by atoms with E-state index in [0.717, 1.165) is 34.8 Å². The first-order chi connectivity index (χ1) is 15.5. The number of carbonyl (C=O) groups excluding carboxylic acids is 2. The van der Waals surface area contributed by atoms with Gasteiger partial charge in [0.05, 0.1) is 19.4 Å². The quantitative estimate of drug-likeness (QED) is 0.433. The smallest absolute Gasteiger partial charge is 0.273 e. The Morgan fingerprint density at radius 1 is 1.00 bits per heavy atom. The fraction of sp³-hybridized carbons (Fsp3) is 0.261. The van der Waals surface area contributed by atoms with Crippen LogP contribution in [0.3, 0.4) is 0 Å². The molecular weight excluding hydrogens is 428 g/mol. The minimum absolute atomic E-state index is 0.0421. The molecule has 0 radical (unpaired) electrons. The molecule has 0 saturated heterocycles. The summed E-state index contributed by atoms with van der Waals surface area (Å²) in [4.78, 5) is 25.2. The number of nitrogens with zero attached hydrogens (tertiary/aromatic N) is 1. The van der Waals surface area contributed by atoms with Gasteiger partial charge in [0.15, 0.2) is 5.69 Å². The molecule has 0 atom stereocenters. The SMILES string of the molecule is CCCOc1ccc(CNC(=O)c2snc(C(=O)NCc3cccc(OC)c3)c2N)cc1. The molecule has 0 unspecified atom stereocenters. The summed E-state index contributed by atoms with van der Waals surface area (Å²) in [6.45, 7) is 3.31. The Morgan fingerprint density at radius 3 is 2.44 bits per heavy atom. The van der Waals surface area contributed by atoms with E-state index in [4.69, 9.17) is 15.2 Å². The van der Waals surface area contributed by atoms with Gasteiger partial charge in [0.2, 0.25) is 0 Å². The van der Waals surface area contributed by atoms with E-state index in [1.807, 2.05) is 55.5 Å². The number of aromatic nitrogens is 1. The van der Waals surface area contributed by atoms with E-state index in [2.05, 4.69) is 15.0 Å². The van der Waals surface area contributed by atoms with Gasteiger partial charge >= 0.3 is 0 Å². The highest BCUT2D eigenvalue weighted by Gasteiger charge is 2.22. The Hall–Kier alpha value is -3.59. The van der Waals surface area contributed by atoms with Crippen LogP contribution >= 0.6 is 11.5 Å². The minimum atomic E-state index is -0.441. The molecule has 0 spiro atoms. The van der Waals surface area contributed by atoms with E-state index in [1.54, 1.807) is 7.11 Å². The first kappa shape index (κ1) is 23.1. The number of nitrogens with two attached hydrogens (primary N) is 1. The Labute approximate surface area is 190 Å². The number of anilines is 1. The van der Waals surface area contributed by atoms with Crippen LogP contribution in [0.4, 0.5) is 5.69 Å². The monoisotopic (exact) mass is 454 g/mol. The summed E-state index contributed by atoms with van der Waals surface area (Å²) in [5, 5.41) is 5.57. The van der Waals surface area contributed by atoms with Gasteiger partial charge < -0.3 is 25.8 Å². The van der Waals surface area contributed by atoms with Crippen LogP contribution in [0.25, 0.3) is 0 Å². The molecule has 4 N–H and O–H groups in total. The number of rotatable bonds is 10. The molecule has 0 aliphatic carbocycles. The largest absolute Gasteiger partial charge is 0.497 e. The number of methoxy groups -OCH3 is 1. The number of nitrogens with one attached hydrogen (secondary N) is 2. The summed E-state index contributed by atoms with van der Waals surface area (Å²) in [6.07, 6.45) is 0.940. The average molecular weight is 455 g/mol. The fourth-order valence-electron chi connectivity index (χ4n) is 2.86. The van der Waals surface area contributed by atoms with E-state index in [1.165, 1.54) is 0 Å².